The van der Waals surface area contributed by atoms with E-state index in [1.807, 2.05) is 104 Å². The molecule has 2 amide bonds. The number of alkyl carbamates (subject to hydrolysis) is 1. The Morgan fingerprint density at radius 2 is 1.23 bits per heavy atom. The second-order valence-electron chi connectivity index (χ2n) is 11.1. The van der Waals surface area contributed by atoms with Crippen LogP contribution in [0.4, 0.5) is 4.79 Å². The van der Waals surface area contributed by atoms with Crippen LogP contribution in [0.5, 0.6) is 0 Å². The molecule has 0 unspecified atom stereocenters. The van der Waals surface area contributed by atoms with E-state index >= 15 is 0 Å². The summed E-state index contributed by atoms with van der Waals surface area (Å²) in [6.45, 7) is 9.74. The van der Waals surface area contributed by atoms with Crippen LogP contribution in [0, 0.1) is 0 Å². The SMILES string of the molecule is COC(=O)N[C@H](CO)[C@H](O[Si](C)(C)C(C)(C)C)C(=O)NC(c1ccccc1)(c1ccccc1)c1ccccc1. The monoisotopic (exact) mass is 548 g/mol. The van der Waals surface area contributed by atoms with Crippen LogP contribution in [0.1, 0.15) is 37.5 Å². The maximum Gasteiger partial charge on any atom is 0.407 e. The summed E-state index contributed by atoms with van der Waals surface area (Å²) >= 11 is 0. The lowest BCUT2D eigenvalue weighted by Gasteiger charge is -2.43. The smallest absolute Gasteiger partial charge is 0.407 e. The molecule has 0 aliphatic carbocycles. The van der Waals surface area contributed by atoms with E-state index in [9.17, 15) is 14.7 Å². The molecule has 0 aliphatic heterocycles. The van der Waals surface area contributed by atoms with Crippen molar-refractivity contribution in [2.75, 3.05) is 13.7 Å². The van der Waals surface area contributed by atoms with Gasteiger partial charge >= 0.3 is 6.09 Å². The van der Waals surface area contributed by atoms with E-state index < -0.39 is 44.6 Å². The normalized spacial score (nSPS) is 13.7. The first-order valence-corrected chi connectivity index (χ1v) is 16.0. The number of aliphatic hydroxyl groups excluding tert-OH is 1. The molecule has 8 heteroatoms. The highest BCUT2D eigenvalue weighted by Gasteiger charge is 2.46. The second-order valence-corrected chi connectivity index (χ2v) is 15.8. The van der Waals surface area contributed by atoms with Gasteiger partial charge in [-0.1, -0.05) is 112 Å². The van der Waals surface area contributed by atoms with Crippen molar-refractivity contribution in [3.05, 3.63) is 108 Å². The summed E-state index contributed by atoms with van der Waals surface area (Å²) in [4.78, 5) is 26.6. The molecule has 2 atom stereocenters. The number of carbonyl (C=O) groups excluding carboxylic acids is 2. The highest BCUT2D eigenvalue weighted by Crippen LogP contribution is 2.39. The zero-order chi connectivity index (χ0) is 28.7. The Labute approximate surface area is 232 Å². The van der Waals surface area contributed by atoms with Gasteiger partial charge in [0.05, 0.1) is 19.8 Å². The molecule has 208 valence electrons. The molecule has 0 radical (unpaired) electrons. The molecule has 0 fully saturated rings. The van der Waals surface area contributed by atoms with Crippen LogP contribution in [0.3, 0.4) is 0 Å². The Morgan fingerprint density at radius 3 is 1.56 bits per heavy atom. The van der Waals surface area contributed by atoms with Crippen LogP contribution in [0.2, 0.25) is 18.1 Å². The van der Waals surface area contributed by atoms with Crippen LogP contribution in [-0.4, -0.2) is 51.3 Å². The average molecular weight is 549 g/mol. The number of nitrogens with one attached hydrogen (secondary N) is 2. The molecular formula is C31H40N2O5Si. The molecule has 0 aromatic heterocycles. The number of methoxy groups -OCH3 is 1. The minimum absolute atomic E-state index is 0.230. The lowest BCUT2D eigenvalue weighted by atomic mass is 9.76. The van der Waals surface area contributed by atoms with Gasteiger partial charge in [-0.15, -0.1) is 0 Å². The van der Waals surface area contributed by atoms with Crippen molar-refractivity contribution in [1.82, 2.24) is 10.6 Å². The zero-order valence-electron chi connectivity index (χ0n) is 23.6. The maximum absolute atomic E-state index is 14.4. The van der Waals surface area contributed by atoms with Gasteiger partial charge in [0, 0.05) is 0 Å². The highest BCUT2D eigenvalue weighted by molar-refractivity contribution is 6.74. The molecule has 39 heavy (non-hydrogen) atoms. The van der Waals surface area contributed by atoms with Crippen LogP contribution in [0.25, 0.3) is 0 Å². The number of hydrogen-bond acceptors (Lipinski definition) is 5. The maximum atomic E-state index is 14.4. The molecule has 0 aliphatic rings. The fourth-order valence-corrected chi connectivity index (χ4v) is 5.54. The van der Waals surface area contributed by atoms with Crippen molar-refractivity contribution in [1.29, 1.82) is 0 Å². The van der Waals surface area contributed by atoms with E-state index in [1.165, 1.54) is 7.11 Å². The number of aliphatic hydroxyl groups is 1. The fraction of sp³-hybridized carbons (Fsp3) is 0.355. The summed E-state index contributed by atoms with van der Waals surface area (Å²) in [6, 6.07) is 28.2. The Kier molecular flexibility index (Phi) is 9.71. The van der Waals surface area contributed by atoms with Crippen LogP contribution in [-0.2, 0) is 19.5 Å². The van der Waals surface area contributed by atoms with Crippen molar-refractivity contribution >= 4 is 20.3 Å². The molecule has 0 saturated carbocycles. The van der Waals surface area contributed by atoms with Crippen LogP contribution in [0.15, 0.2) is 91.0 Å². The number of carbonyl (C=O) groups is 2. The topological polar surface area (TPSA) is 96.9 Å². The van der Waals surface area contributed by atoms with Gasteiger partial charge in [0.2, 0.25) is 0 Å². The highest BCUT2D eigenvalue weighted by atomic mass is 28.4. The zero-order valence-corrected chi connectivity index (χ0v) is 24.6. The number of benzene rings is 3. The first kappa shape index (κ1) is 30.1. The van der Waals surface area contributed by atoms with Gasteiger partial charge in [0.1, 0.15) is 11.6 Å². The molecule has 3 aromatic carbocycles. The Balaban J connectivity index is 2.21. The number of rotatable bonds is 10. The third-order valence-electron chi connectivity index (χ3n) is 7.47. The predicted octanol–water partition coefficient (Wildman–Crippen LogP) is 5.20. The van der Waals surface area contributed by atoms with Crippen molar-refractivity contribution in [3.63, 3.8) is 0 Å². The molecule has 0 heterocycles. The van der Waals surface area contributed by atoms with Gasteiger partial charge in [-0.05, 0) is 34.8 Å². The summed E-state index contributed by atoms with van der Waals surface area (Å²) in [5.74, 6) is -0.466. The molecule has 3 rings (SSSR count). The van der Waals surface area contributed by atoms with E-state index in [1.54, 1.807) is 0 Å². The van der Waals surface area contributed by atoms with E-state index in [-0.39, 0.29) is 5.04 Å². The molecule has 0 saturated heterocycles. The Hall–Kier alpha value is -3.46. The van der Waals surface area contributed by atoms with Crippen molar-refractivity contribution < 1.29 is 23.9 Å². The van der Waals surface area contributed by atoms with E-state index in [4.69, 9.17) is 9.16 Å². The summed E-state index contributed by atoms with van der Waals surface area (Å²) < 4.78 is 11.4. The standard InChI is InChI=1S/C31H40N2O5Si/c1-30(2,3)39(5,6)38-27(26(22-34)32-29(36)37-4)28(35)33-31(23-16-10-7-11-17-23,24-18-12-8-13-19-24)25-20-14-9-15-21-25/h7-21,26-27,34H,22H2,1-6H3,(H,32,36)(H,33,35)/t26-,27+/m1/s1. The predicted molar refractivity (Wildman–Crippen MR) is 156 cm³/mol. The average Bonchev–Trinajstić information content (AvgIpc) is 2.94. The van der Waals surface area contributed by atoms with Crippen LogP contribution < -0.4 is 10.6 Å². The molecular weight excluding hydrogens is 508 g/mol. The number of hydrogen-bond donors (Lipinski definition) is 3. The molecule has 7 nitrogen and oxygen atoms in total. The second kappa shape index (κ2) is 12.6. The van der Waals surface area contributed by atoms with Crippen molar-refractivity contribution in [3.8, 4) is 0 Å². The molecule has 0 bridgehead atoms. The summed E-state index contributed by atoms with van der Waals surface area (Å²) in [5, 5.41) is 16.0. The van der Waals surface area contributed by atoms with Gasteiger partial charge < -0.3 is 24.9 Å². The van der Waals surface area contributed by atoms with E-state index in [2.05, 4.69) is 31.4 Å². The van der Waals surface area contributed by atoms with Gasteiger partial charge in [-0.25, -0.2) is 4.79 Å². The molecule has 3 N–H and O–H groups in total. The number of amides is 2. The van der Waals surface area contributed by atoms with Gasteiger partial charge in [-0.2, -0.15) is 0 Å². The van der Waals surface area contributed by atoms with Crippen LogP contribution >= 0.6 is 0 Å². The first-order chi connectivity index (χ1) is 18.5. The summed E-state index contributed by atoms with van der Waals surface area (Å²) in [6.07, 6.45) is -1.95. The Morgan fingerprint density at radius 1 is 0.821 bits per heavy atom. The van der Waals surface area contributed by atoms with Crippen molar-refractivity contribution in [2.24, 2.45) is 0 Å². The summed E-state index contributed by atoms with van der Waals surface area (Å²) in [5.41, 5.74) is 1.47. The first-order valence-electron chi connectivity index (χ1n) is 13.1. The van der Waals surface area contributed by atoms with Gasteiger partial charge in [-0.3, -0.25) is 4.79 Å². The van der Waals surface area contributed by atoms with E-state index in [0.29, 0.717) is 0 Å². The fourth-order valence-electron chi connectivity index (χ4n) is 4.28. The van der Waals surface area contributed by atoms with Gasteiger partial charge in [0.25, 0.3) is 5.91 Å². The molecule has 3 aromatic rings. The van der Waals surface area contributed by atoms with Crippen molar-refractivity contribution in [2.45, 2.75) is 56.6 Å². The third-order valence-corrected chi connectivity index (χ3v) is 11.9. The third kappa shape index (κ3) is 6.76. The number of ether oxygens (including phenoxy) is 1. The molecule has 0 spiro atoms. The Bertz CT molecular complexity index is 1120. The lowest BCUT2D eigenvalue weighted by molar-refractivity contribution is -0.131. The lowest BCUT2D eigenvalue weighted by Crippen LogP contribution is -2.61. The van der Waals surface area contributed by atoms with E-state index in [0.717, 1.165) is 16.7 Å². The minimum atomic E-state index is -2.55. The quantitative estimate of drug-likeness (QED) is 0.239. The summed E-state index contributed by atoms with van der Waals surface area (Å²) in [7, 11) is -1.31. The largest absolute Gasteiger partial charge is 0.453 e. The van der Waals surface area contributed by atoms with Gasteiger partial charge in [0.15, 0.2) is 8.32 Å². The minimum Gasteiger partial charge on any atom is -0.453 e.